The number of rotatable bonds is 32. The normalized spacial score (nSPS) is 22.6. The first-order valence-electron chi connectivity index (χ1n) is 55.2. The summed E-state index contributed by atoms with van der Waals surface area (Å²) < 4.78 is 55.4. The quantitative estimate of drug-likeness (QED) is 0.0220. The van der Waals surface area contributed by atoms with Crippen LogP contribution in [0.4, 0.5) is 0 Å². The molecule has 0 spiro atoms. The maximum atomic E-state index is 13.0. The van der Waals surface area contributed by atoms with Gasteiger partial charge in [-0.25, -0.2) is 33.6 Å². The summed E-state index contributed by atoms with van der Waals surface area (Å²) in [6.07, 6.45) is 38.6. The van der Waals surface area contributed by atoms with Gasteiger partial charge in [-0.3, -0.25) is 14.4 Å². The van der Waals surface area contributed by atoms with Gasteiger partial charge in [-0.1, -0.05) is 183 Å². The van der Waals surface area contributed by atoms with Gasteiger partial charge in [0.25, 0.3) is 0 Å². The second kappa shape index (κ2) is 53.9. The molecule has 0 amide bonds. The Kier molecular flexibility index (Phi) is 44.3. The average molecular weight is 1980 g/mol. The van der Waals surface area contributed by atoms with Crippen LogP contribution in [0.5, 0.6) is 0 Å². The molecule has 10 aliphatic rings. The maximum Gasteiger partial charge on any atom is 0.344 e. The molecule has 0 saturated heterocycles. The lowest BCUT2D eigenvalue weighted by molar-refractivity contribution is -0.203. The second-order valence-corrected chi connectivity index (χ2v) is 46.9. The molecule has 20 heteroatoms. The van der Waals surface area contributed by atoms with E-state index in [0.717, 1.165) is 153 Å². The third-order valence-electron chi connectivity index (χ3n) is 33.5. The van der Waals surface area contributed by atoms with Gasteiger partial charge in [0.2, 0.25) is 0 Å². The summed E-state index contributed by atoms with van der Waals surface area (Å²) in [5.41, 5.74) is 7.94. The van der Waals surface area contributed by atoms with E-state index in [9.17, 15) is 47.9 Å². The van der Waals surface area contributed by atoms with Crippen molar-refractivity contribution in [2.75, 3.05) is 26.4 Å². The molecule has 0 aromatic heterocycles. The highest BCUT2D eigenvalue weighted by atomic mass is 16.6. The van der Waals surface area contributed by atoms with Crippen molar-refractivity contribution in [3.63, 3.8) is 0 Å². The van der Waals surface area contributed by atoms with Crippen LogP contribution in [-0.4, -0.2) is 120 Å². The fourth-order valence-electron chi connectivity index (χ4n) is 22.8. The molecule has 0 aliphatic heterocycles. The molecular formula is C123H180O20. The highest BCUT2D eigenvalue weighted by Gasteiger charge is 2.59. The summed E-state index contributed by atoms with van der Waals surface area (Å²) in [6.45, 7) is 46.2. The molecule has 0 radical (unpaired) electrons. The fraction of sp³-hybridized carbons (Fsp3) is 0.675. The molecule has 9 saturated carbocycles. The van der Waals surface area contributed by atoms with Gasteiger partial charge in [-0.2, -0.15) is 0 Å². The lowest BCUT2D eigenvalue weighted by atomic mass is 9.46. The first-order valence-corrected chi connectivity index (χ1v) is 55.2. The molecule has 10 aliphatic carbocycles. The summed E-state index contributed by atoms with van der Waals surface area (Å²) >= 11 is 0. The van der Waals surface area contributed by atoms with Crippen molar-refractivity contribution in [2.45, 2.75) is 454 Å². The van der Waals surface area contributed by atoms with E-state index in [1.165, 1.54) is 110 Å². The predicted molar refractivity (Wildman–Crippen MR) is 564 cm³/mol. The summed E-state index contributed by atoms with van der Waals surface area (Å²) in [7, 11) is 0. The minimum absolute atomic E-state index is 0.0141. The summed E-state index contributed by atoms with van der Waals surface area (Å²) in [5.74, 6) is 0.952. The average Bonchev–Trinajstić information content (AvgIpc) is 1.11. The van der Waals surface area contributed by atoms with E-state index in [0.29, 0.717) is 88.5 Å². The first-order chi connectivity index (χ1) is 67.6. The molecule has 15 rings (SSSR count). The van der Waals surface area contributed by atoms with Crippen molar-refractivity contribution in [3.05, 3.63) is 176 Å². The zero-order valence-corrected chi connectivity index (χ0v) is 91.8. The molecular weight excluding hydrogens is 1800 g/mol. The van der Waals surface area contributed by atoms with Gasteiger partial charge in [0.05, 0.1) is 45.1 Å². The van der Waals surface area contributed by atoms with E-state index in [2.05, 4.69) is 134 Å². The van der Waals surface area contributed by atoms with E-state index < -0.39 is 64.9 Å². The molecule has 792 valence electrons. The van der Waals surface area contributed by atoms with Gasteiger partial charge in [-0.15, -0.1) is 0 Å². The fourth-order valence-corrected chi connectivity index (χ4v) is 22.8. The van der Waals surface area contributed by atoms with Crippen LogP contribution in [0.1, 0.15) is 499 Å². The molecule has 8 atom stereocenters. The van der Waals surface area contributed by atoms with Gasteiger partial charge in [0.1, 0.15) is 46.8 Å². The van der Waals surface area contributed by atoms with Crippen LogP contribution in [0.2, 0.25) is 0 Å². The Balaban J connectivity index is 0.000000196. The van der Waals surface area contributed by atoms with E-state index in [-0.39, 0.29) is 77.5 Å². The minimum Gasteiger partial charge on any atom is -0.462 e. The lowest BCUT2D eigenvalue weighted by Crippen LogP contribution is -2.57. The number of hydrogen-bond acceptors (Lipinski definition) is 20. The van der Waals surface area contributed by atoms with Crippen molar-refractivity contribution < 1.29 is 95.3 Å². The van der Waals surface area contributed by atoms with Crippen LogP contribution in [0.3, 0.4) is 0 Å². The number of carbonyl (C=O) groups excluding carboxylic acids is 10. The second-order valence-electron chi connectivity index (χ2n) is 46.9. The molecule has 4 bridgehead atoms. The van der Waals surface area contributed by atoms with Crippen LogP contribution < -0.4 is 0 Å². The number of hydrogen-bond donors (Lipinski definition) is 0. The zero-order chi connectivity index (χ0) is 105. The Bertz CT molecular complexity index is 4900. The van der Waals surface area contributed by atoms with Gasteiger partial charge in [-0.05, 0) is 416 Å². The van der Waals surface area contributed by atoms with Crippen molar-refractivity contribution >= 4 is 59.7 Å². The summed E-state index contributed by atoms with van der Waals surface area (Å²) in [6, 6.07) is 37.1. The van der Waals surface area contributed by atoms with Crippen molar-refractivity contribution in [1.29, 1.82) is 0 Å². The number of benzene rings is 5. The first kappa shape index (κ1) is 117. The van der Waals surface area contributed by atoms with Crippen LogP contribution >= 0.6 is 0 Å². The minimum atomic E-state index is -0.656. The van der Waals surface area contributed by atoms with Gasteiger partial charge < -0.3 is 47.4 Å². The van der Waals surface area contributed by atoms with Crippen molar-refractivity contribution in [1.82, 2.24) is 0 Å². The van der Waals surface area contributed by atoms with Gasteiger partial charge in [0, 0.05) is 5.41 Å². The molecule has 9 fully saturated rings. The highest BCUT2D eigenvalue weighted by Crippen LogP contribution is 2.64. The SMILES string of the molecule is CC1Cc2cc(C(=O)OC(C)(C)C3CCCCC3)ccc2C1C.CCC(C)(C)C(=O)OCCOC(=O)C1CCCCC1C(=O)OCC(=O)OC(C)(C)C12CC3CC(CC(C3)C1)C2.CCC(C)c1ccc(C(=O)OCC(=O)OC(C)(C)C)cc1.CCC(C)c1cccc(C(=O)OC2(C)CCCC2)c1.CCC(C)c1cccc(C(=O)OC2(C)CCCCC2)c1.CCC(C)c1cccc(C(=O)OC2(CC)CCCCC2)c1. The molecule has 143 heavy (non-hydrogen) atoms. The number of fused-ring (bicyclic) bond motifs is 1. The number of esters is 10. The largest absolute Gasteiger partial charge is 0.462 e. The molecule has 0 N–H and O–H groups in total. The van der Waals surface area contributed by atoms with E-state index in [1.54, 1.807) is 46.8 Å². The Morgan fingerprint density at radius 1 is 0.392 bits per heavy atom. The van der Waals surface area contributed by atoms with E-state index in [1.807, 2.05) is 93.6 Å². The molecule has 20 nitrogen and oxygen atoms in total. The third-order valence-corrected chi connectivity index (χ3v) is 33.5. The Morgan fingerprint density at radius 2 is 0.790 bits per heavy atom. The Labute approximate surface area is 858 Å². The standard InChI is InChI=1S/C31H48O8.C21H30O2.C19H28O2.C18H26O2.C17H24O4.C17H24O2/c1-6-29(2,3)28(35)37-12-11-36-26(33)23-9-7-8-10-24(23)27(34)38-19-25(32)39-30(4,5)31-16-20-13-21(17-31)15-22(14-20)18-31;1-14-12-17-13-16(10-11-19(17)15(14)2)20(22)23-21(3,4)18-8-6-5-7-9-18;1-4-15(3)16-10-9-11-17(14-16)18(20)21-19(5-2)12-7-6-8-13-19;1-4-14(2)15-9-8-10-16(13-15)17(19)20-18(3)11-6-5-7-12-18;1-6-12(2)13-7-9-14(10-8-13)16(19)20-11-15(18)21-17(3,4)5;1-4-13(2)14-8-7-9-15(12-14)16(18)19-17(3)10-5-6-11-17/h20-24H,6-19H2,1-5H3;10-11,13-15,18H,5-9,12H2,1-4H3;9-11,14-15H,4-8,12-13H2,1-3H3;8-10,13-14H,4-7,11-12H2,1-3H3;7-10,12H,6,11H2,1-5H3;7-9,12-13H,4-6,10-11H2,1-3H3. The third kappa shape index (κ3) is 34.5. The number of carbonyl (C=O) groups is 10. The Morgan fingerprint density at radius 3 is 1.24 bits per heavy atom. The monoisotopic (exact) mass is 1980 g/mol. The molecule has 5 aromatic carbocycles. The van der Waals surface area contributed by atoms with Crippen LogP contribution in [-0.2, 0) is 77.8 Å². The topological polar surface area (TPSA) is 263 Å². The van der Waals surface area contributed by atoms with Crippen LogP contribution in [0, 0.1) is 52.3 Å². The smallest absolute Gasteiger partial charge is 0.344 e. The van der Waals surface area contributed by atoms with Crippen molar-refractivity contribution in [2.24, 2.45) is 52.3 Å². The molecule has 8 unspecified atom stereocenters. The molecule has 0 heterocycles. The van der Waals surface area contributed by atoms with Crippen LogP contribution in [0.25, 0.3) is 0 Å². The molecule has 5 aromatic rings. The zero-order valence-electron chi connectivity index (χ0n) is 91.8. The van der Waals surface area contributed by atoms with Gasteiger partial charge in [0.15, 0.2) is 13.2 Å². The van der Waals surface area contributed by atoms with Gasteiger partial charge >= 0.3 is 59.7 Å². The van der Waals surface area contributed by atoms with E-state index in [4.69, 9.17) is 47.4 Å². The number of ether oxygens (including phenoxy) is 10. The van der Waals surface area contributed by atoms with E-state index >= 15 is 0 Å². The van der Waals surface area contributed by atoms with Crippen molar-refractivity contribution in [3.8, 4) is 0 Å². The Hall–Kier alpha value is -9.20. The summed E-state index contributed by atoms with van der Waals surface area (Å²) in [5, 5.41) is 0. The summed E-state index contributed by atoms with van der Waals surface area (Å²) in [4.78, 5) is 124. The van der Waals surface area contributed by atoms with Crippen LogP contribution in [0.15, 0.2) is 115 Å². The lowest BCUT2D eigenvalue weighted by Gasteiger charge is -2.61. The maximum absolute atomic E-state index is 13.0. The highest BCUT2D eigenvalue weighted by molar-refractivity contribution is 5.93. The predicted octanol–water partition coefficient (Wildman–Crippen LogP) is 29.8.